The average Bonchev–Trinajstić information content (AvgIpc) is 3.24. The van der Waals surface area contributed by atoms with Gasteiger partial charge in [0.25, 0.3) is 0 Å². The summed E-state index contributed by atoms with van der Waals surface area (Å²) in [6.45, 7) is 0. The van der Waals surface area contributed by atoms with E-state index in [1.165, 1.54) is 0 Å². The van der Waals surface area contributed by atoms with Crippen LogP contribution in [0.2, 0.25) is 0 Å². The first kappa shape index (κ1) is 21.1. The average molecular weight is 608 g/mol. The van der Waals surface area contributed by atoms with E-state index in [0.29, 0.717) is 11.8 Å². The van der Waals surface area contributed by atoms with Crippen molar-refractivity contribution < 1.29 is 30.2 Å². The van der Waals surface area contributed by atoms with E-state index in [4.69, 9.17) is 14.1 Å². The van der Waals surface area contributed by atoms with Crippen LogP contribution in [0.15, 0.2) is 101 Å². The molecule has 0 bridgehead atoms. The molecule has 0 spiro atoms. The molecule has 33 heavy (non-hydrogen) atoms. The fourth-order valence-electron chi connectivity index (χ4n) is 3.77. The Kier molecular flexibility index (Phi) is 5.76. The Bertz CT molecular complexity index is 1560. The summed E-state index contributed by atoms with van der Waals surface area (Å²) in [5, 5.41) is 2.11. The molecule has 160 valence electrons. The Hall–Kier alpha value is -3.75. The molecule has 0 aliphatic heterocycles. The van der Waals surface area contributed by atoms with Crippen molar-refractivity contribution in [3.63, 3.8) is 0 Å². The minimum absolute atomic E-state index is 0. The predicted octanol–water partition coefficient (Wildman–Crippen LogP) is 7.10. The number of para-hydroxylation sites is 1. The second-order valence-corrected chi connectivity index (χ2v) is 7.29. The third-order valence-corrected chi connectivity index (χ3v) is 5.24. The van der Waals surface area contributed by atoms with Crippen LogP contribution in [0.1, 0.15) is 0 Å². The van der Waals surface area contributed by atoms with E-state index in [0.717, 1.165) is 44.5 Å². The predicted molar refractivity (Wildman–Crippen MR) is 124 cm³/mol. The zero-order valence-electron chi connectivity index (χ0n) is 17.3. The number of fused-ring (bicyclic) bond motifs is 3. The van der Waals surface area contributed by atoms with Gasteiger partial charge in [-0.05, 0) is 29.6 Å². The number of ether oxygens (including phenoxy) is 1. The summed E-state index contributed by atoms with van der Waals surface area (Å²) >= 11 is 0. The quantitative estimate of drug-likeness (QED) is 0.201. The molecule has 0 unspecified atom stereocenters. The monoisotopic (exact) mass is 607 g/mol. The molecule has 0 N–H and O–H groups in total. The summed E-state index contributed by atoms with van der Waals surface area (Å²) in [5.74, 6) is 0.918. The number of hydrogen-bond acceptors (Lipinski definition) is 4. The van der Waals surface area contributed by atoms with Gasteiger partial charge >= 0.3 is 21.1 Å². The molecule has 6 rings (SSSR count). The molecule has 0 amide bonds. The molecule has 0 saturated carbocycles. The van der Waals surface area contributed by atoms with E-state index in [9.17, 15) is 0 Å². The van der Waals surface area contributed by atoms with Crippen LogP contribution in [-0.2, 0) is 21.1 Å². The van der Waals surface area contributed by atoms with Gasteiger partial charge in [-0.3, -0.25) is 9.97 Å². The Balaban J connectivity index is 0.00000228. The van der Waals surface area contributed by atoms with Crippen LogP contribution in [0, 0.1) is 12.1 Å². The summed E-state index contributed by atoms with van der Waals surface area (Å²) in [4.78, 5) is 9.30. The van der Waals surface area contributed by atoms with Gasteiger partial charge in [-0.15, -0.1) is 54.1 Å². The van der Waals surface area contributed by atoms with Crippen LogP contribution >= 0.6 is 0 Å². The first-order valence-corrected chi connectivity index (χ1v) is 10.3. The second kappa shape index (κ2) is 9.01. The minimum atomic E-state index is 0. The molecular formula is C28H16N2O2Pt. The van der Waals surface area contributed by atoms with Crippen molar-refractivity contribution in [1.82, 2.24) is 9.97 Å². The third kappa shape index (κ3) is 4.06. The number of pyridine rings is 2. The summed E-state index contributed by atoms with van der Waals surface area (Å²) < 4.78 is 12.1. The van der Waals surface area contributed by atoms with Crippen molar-refractivity contribution in [3.05, 3.63) is 109 Å². The zero-order valence-corrected chi connectivity index (χ0v) is 19.5. The van der Waals surface area contributed by atoms with Gasteiger partial charge in [0, 0.05) is 5.39 Å². The second-order valence-electron chi connectivity index (χ2n) is 7.29. The molecule has 4 nitrogen and oxygen atoms in total. The van der Waals surface area contributed by atoms with Crippen LogP contribution in [0.5, 0.6) is 11.8 Å². The van der Waals surface area contributed by atoms with E-state index in [1.54, 1.807) is 0 Å². The van der Waals surface area contributed by atoms with E-state index < -0.39 is 0 Å². The molecule has 3 aromatic heterocycles. The molecule has 3 aromatic carbocycles. The van der Waals surface area contributed by atoms with Gasteiger partial charge in [-0.25, -0.2) is 0 Å². The summed E-state index contributed by atoms with van der Waals surface area (Å²) in [5.41, 5.74) is 4.82. The van der Waals surface area contributed by atoms with Gasteiger partial charge < -0.3 is 9.15 Å². The van der Waals surface area contributed by atoms with Crippen LogP contribution in [0.25, 0.3) is 44.5 Å². The number of aromatic nitrogens is 2. The first-order valence-electron chi connectivity index (χ1n) is 10.3. The van der Waals surface area contributed by atoms with Crippen LogP contribution in [-0.4, -0.2) is 9.97 Å². The maximum absolute atomic E-state index is 6.13. The van der Waals surface area contributed by atoms with Crippen LogP contribution < -0.4 is 4.74 Å². The summed E-state index contributed by atoms with van der Waals surface area (Å²) in [6.07, 6.45) is 0. The fraction of sp³-hybridized carbons (Fsp3) is 0. The van der Waals surface area contributed by atoms with Crippen molar-refractivity contribution >= 4 is 21.9 Å². The Morgan fingerprint density at radius 1 is 0.636 bits per heavy atom. The zero-order chi connectivity index (χ0) is 21.3. The summed E-state index contributed by atoms with van der Waals surface area (Å²) in [6, 6.07) is 37.4. The summed E-state index contributed by atoms with van der Waals surface area (Å²) in [7, 11) is 0. The largest absolute Gasteiger partial charge is 2.00 e. The van der Waals surface area contributed by atoms with Gasteiger partial charge in [0.15, 0.2) is 0 Å². The molecule has 6 aromatic rings. The van der Waals surface area contributed by atoms with Crippen molar-refractivity contribution in [3.8, 4) is 34.3 Å². The fourth-order valence-corrected chi connectivity index (χ4v) is 3.77. The van der Waals surface area contributed by atoms with Crippen molar-refractivity contribution in [1.29, 1.82) is 0 Å². The molecule has 0 aliphatic carbocycles. The van der Waals surface area contributed by atoms with Crippen molar-refractivity contribution in [2.24, 2.45) is 0 Å². The normalized spacial score (nSPS) is 10.8. The van der Waals surface area contributed by atoms with E-state index >= 15 is 0 Å². The van der Waals surface area contributed by atoms with Gasteiger partial charge in [-0.1, -0.05) is 53.4 Å². The molecule has 5 heteroatoms. The van der Waals surface area contributed by atoms with Crippen molar-refractivity contribution in [2.45, 2.75) is 0 Å². The standard InChI is InChI=1S/C28H16N2O2.Pt/c1-2-9-19(10-3-1)23-14-7-17-26(29-23)32-27-18-8-15-24(30-27)22-13-6-12-21-20-11-4-5-16-25(20)31-28(21)22;/h1-9,11-12,14-18H;/q-2;+2. The number of furan rings is 1. The Labute approximate surface area is 205 Å². The van der Waals surface area contributed by atoms with Gasteiger partial charge in [0.2, 0.25) is 11.8 Å². The van der Waals surface area contributed by atoms with Gasteiger partial charge in [-0.2, -0.15) is 0 Å². The van der Waals surface area contributed by atoms with Crippen LogP contribution in [0.4, 0.5) is 0 Å². The molecule has 0 saturated heterocycles. The van der Waals surface area contributed by atoms with Gasteiger partial charge in [0.05, 0.1) is 5.58 Å². The SMILES string of the molecule is [Pt+2].[c-]1ccccc1-c1cccc(Oc2cccc(-c3[c-]ccc4c3oc3ccccc34)n2)n1. The van der Waals surface area contributed by atoms with E-state index in [2.05, 4.69) is 23.2 Å². The molecule has 0 radical (unpaired) electrons. The van der Waals surface area contributed by atoms with Gasteiger partial charge in [0.1, 0.15) is 5.58 Å². The molecular weight excluding hydrogens is 591 g/mol. The molecule has 0 fully saturated rings. The first-order chi connectivity index (χ1) is 15.8. The number of nitrogens with zero attached hydrogens (tertiary/aromatic N) is 2. The maximum Gasteiger partial charge on any atom is 2.00 e. The Morgan fingerprint density at radius 3 is 2.21 bits per heavy atom. The smallest absolute Gasteiger partial charge is 0.501 e. The van der Waals surface area contributed by atoms with Crippen molar-refractivity contribution in [2.75, 3.05) is 0 Å². The maximum atomic E-state index is 6.13. The van der Waals surface area contributed by atoms with E-state index in [1.807, 2.05) is 91.0 Å². The molecule has 3 heterocycles. The molecule has 0 aliphatic rings. The van der Waals surface area contributed by atoms with Crippen LogP contribution in [0.3, 0.4) is 0 Å². The topological polar surface area (TPSA) is 48.2 Å². The Morgan fingerprint density at radius 2 is 1.39 bits per heavy atom. The molecule has 0 atom stereocenters. The third-order valence-electron chi connectivity index (χ3n) is 5.24. The number of hydrogen-bond donors (Lipinski definition) is 0. The number of rotatable bonds is 4. The minimum Gasteiger partial charge on any atom is -0.501 e. The van der Waals surface area contributed by atoms with E-state index in [-0.39, 0.29) is 21.1 Å². The number of benzene rings is 3.